The van der Waals surface area contributed by atoms with E-state index in [0.717, 1.165) is 16.5 Å². The second kappa shape index (κ2) is 11.8. The van der Waals surface area contributed by atoms with E-state index in [-0.39, 0.29) is 12.8 Å². The smallest absolute Gasteiger partial charge is 0.303 e. The van der Waals surface area contributed by atoms with Crippen LogP contribution in [0, 0.1) is 5.92 Å². The highest BCUT2D eigenvalue weighted by molar-refractivity contribution is 5.93. The number of aromatic nitrogens is 1. The van der Waals surface area contributed by atoms with Crippen molar-refractivity contribution in [1.82, 2.24) is 20.9 Å². The zero-order valence-corrected chi connectivity index (χ0v) is 20.8. The van der Waals surface area contributed by atoms with Crippen molar-refractivity contribution in [3.63, 3.8) is 0 Å². The van der Waals surface area contributed by atoms with Crippen LogP contribution in [-0.2, 0) is 25.6 Å². The van der Waals surface area contributed by atoms with Gasteiger partial charge in [0.25, 0.3) is 0 Å². The number of H-pyrrole nitrogens is 1. The summed E-state index contributed by atoms with van der Waals surface area (Å²) in [7, 11) is 0. The fourth-order valence-electron chi connectivity index (χ4n) is 3.68. The molecule has 1 aromatic carbocycles. The zero-order valence-electron chi connectivity index (χ0n) is 20.8. The van der Waals surface area contributed by atoms with E-state index < -0.39 is 53.3 Å². The zero-order chi connectivity index (χ0) is 26.3. The number of hydrogen-bond acceptors (Lipinski definition) is 5. The van der Waals surface area contributed by atoms with E-state index in [1.165, 1.54) is 6.92 Å². The molecule has 4 atom stereocenters. The number of nitrogens with one attached hydrogen (secondary N) is 4. The van der Waals surface area contributed by atoms with Crippen LogP contribution in [0.25, 0.3) is 10.9 Å². The predicted molar refractivity (Wildman–Crippen MR) is 131 cm³/mol. The molecule has 6 N–H and O–H groups in total. The summed E-state index contributed by atoms with van der Waals surface area (Å²) in [5.41, 5.74) is 1.30. The van der Waals surface area contributed by atoms with Gasteiger partial charge in [-0.1, -0.05) is 25.1 Å². The number of rotatable bonds is 11. The molecule has 10 nitrogen and oxygen atoms in total. The number of hydrogen-bond donors (Lipinski definition) is 6. The van der Waals surface area contributed by atoms with Crippen LogP contribution in [0.1, 0.15) is 53.0 Å². The molecule has 0 spiro atoms. The Morgan fingerprint density at radius 1 is 1.00 bits per heavy atom. The number of aliphatic hydroxyl groups excluding tert-OH is 1. The van der Waals surface area contributed by atoms with Crippen molar-refractivity contribution in [3.8, 4) is 0 Å². The van der Waals surface area contributed by atoms with Gasteiger partial charge in [0.15, 0.2) is 0 Å². The first-order valence-corrected chi connectivity index (χ1v) is 11.7. The molecule has 0 bridgehead atoms. The minimum Gasteiger partial charge on any atom is -0.481 e. The molecule has 4 unspecified atom stereocenters. The third-order valence-electron chi connectivity index (χ3n) is 5.49. The Kier molecular flexibility index (Phi) is 9.41. The highest BCUT2D eigenvalue weighted by Crippen LogP contribution is 2.21. The molecule has 3 amide bonds. The number of aliphatic carboxylic acids is 1. The first-order chi connectivity index (χ1) is 16.3. The number of para-hydroxylation sites is 1. The lowest BCUT2D eigenvalue weighted by Gasteiger charge is -2.28. The van der Waals surface area contributed by atoms with Crippen LogP contribution in [0.4, 0.5) is 0 Å². The minimum absolute atomic E-state index is 0.167. The monoisotopic (exact) mass is 488 g/mol. The van der Waals surface area contributed by atoms with Crippen LogP contribution in [0.5, 0.6) is 0 Å². The Hall–Kier alpha value is -3.40. The molecule has 0 aliphatic carbocycles. The van der Waals surface area contributed by atoms with E-state index >= 15 is 0 Å². The van der Waals surface area contributed by atoms with Crippen LogP contribution in [-0.4, -0.2) is 62.6 Å². The molecule has 0 aliphatic rings. The second-order valence-electron chi connectivity index (χ2n) is 9.92. The highest BCUT2D eigenvalue weighted by atomic mass is 16.4. The molecule has 35 heavy (non-hydrogen) atoms. The molecule has 0 saturated carbocycles. The molecule has 0 fully saturated rings. The van der Waals surface area contributed by atoms with Gasteiger partial charge in [-0.2, -0.15) is 0 Å². The molecule has 10 heteroatoms. The number of carboxylic acid groups (broad SMARTS) is 1. The van der Waals surface area contributed by atoms with E-state index in [4.69, 9.17) is 5.11 Å². The summed E-state index contributed by atoms with van der Waals surface area (Å²) in [5, 5.41) is 27.9. The predicted octanol–water partition coefficient (Wildman–Crippen LogP) is 1.48. The van der Waals surface area contributed by atoms with E-state index in [9.17, 15) is 24.3 Å². The maximum atomic E-state index is 13.0. The van der Waals surface area contributed by atoms with Crippen molar-refractivity contribution in [2.45, 2.75) is 77.6 Å². The van der Waals surface area contributed by atoms with Gasteiger partial charge in [0.1, 0.15) is 12.1 Å². The van der Waals surface area contributed by atoms with Crippen LogP contribution in [0.2, 0.25) is 0 Å². The summed E-state index contributed by atoms with van der Waals surface area (Å²) < 4.78 is 0. The first kappa shape index (κ1) is 27.8. The van der Waals surface area contributed by atoms with Gasteiger partial charge in [-0.15, -0.1) is 0 Å². The molecule has 192 valence electrons. The van der Waals surface area contributed by atoms with Crippen LogP contribution in [0.15, 0.2) is 30.5 Å². The normalized spacial score (nSPS) is 15.0. The third kappa shape index (κ3) is 8.40. The molecule has 2 rings (SSSR count). The average Bonchev–Trinajstić information content (AvgIpc) is 3.15. The Morgan fingerprint density at radius 3 is 2.26 bits per heavy atom. The fraction of sp³-hybridized carbons (Fsp3) is 0.520. The van der Waals surface area contributed by atoms with Crippen molar-refractivity contribution in [2.75, 3.05) is 0 Å². The first-order valence-electron chi connectivity index (χ1n) is 11.7. The largest absolute Gasteiger partial charge is 0.481 e. The Balaban J connectivity index is 2.12. The van der Waals surface area contributed by atoms with E-state index in [1.54, 1.807) is 27.7 Å². The summed E-state index contributed by atoms with van der Waals surface area (Å²) in [6.45, 7) is 8.37. The van der Waals surface area contributed by atoms with Gasteiger partial charge in [0.05, 0.1) is 6.10 Å². The van der Waals surface area contributed by atoms with Crippen LogP contribution < -0.4 is 16.0 Å². The molecule has 0 aliphatic heterocycles. The number of carbonyl (C=O) groups is 4. The minimum atomic E-state index is -1.27. The summed E-state index contributed by atoms with van der Waals surface area (Å²) >= 11 is 0. The second-order valence-corrected chi connectivity index (χ2v) is 9.92. The lowest BCUT2D eigenvalue weighted by atomic mass is 9.99. The van der Waals surface area contributed by atoms with Crippen molar-refractivity contribution in [1.29, 1.82) is 0 Å². The molecule has 1 aromatic heterocycles. The Morgan fingerprint density at radius 2 is 1.66 bits per heavy atom. The van der Waals surface area contributed by atoms with E-state index in [1.807, 2.05) is 30.5 Å². The number of benzene rings is 1. The van der Waals surface area contributed by atoms with Crippen molar-refractivity contribution in [2.24, 2.45) is 5.92 Å². The number of fused-ring (bicyclic) bond motifs is 1. The Bertz CT molecular complexity index is 1060. The fourth-order valence-corrected chi connectivity index (χ4v) is 3.68. The summed E-state index contributed by atoms with van der Waals surface area (Å²) in [5.74, 6) is -3.38. The quantitative estimate of drug-likeness (QED) is 0.281. The average molecular weight is 489 g/mol. The SMILES string of the molecule is CC(Cc1c[nH]c2ccccc12)C(=O)NC(CCC(=O)O)C(=O)NC(C(=O)NC(C)(C)C)C(C)O. The third-order valence-corrected chi connectivity index (χ3v) is 5.49. The van der Waals surface area contributed by atoms with Gasteiger partial charge in [-0.3, -0.25) is 19.2 Å². The summed E-state index contributed by atoms with van der Waals surface area (Å²) in [4.78, 5) is 52.8. The maximum absolute atomic E-state index is 13.0. The lowest BCUT2D eigenvalue weighted by Crippen LogP contribution is -2.59. The summed E-state index contributed by atoms with van der Waals surface area (Å²) in [6.07, 6.45) is 0.512. The Labute approximate surface area is 204 Å². The molecular formula is C25H36N4O6. The number of carbonyl (C=O) groups excluding carboxylic acids is 3. The molecule has 2 aromatic rings. The van der Waals surface area contributed by atoms with Gasteiger partial charge < -0.3 is 31.1 Å². The molecular weight excluding hydrogens is 452 g/mol. The standard InChI is InChI=1S/C25H36N4O6/c1-14(12-16-13-26-18-9-7-6-8-17(16)18)22(33)27-19(10-11-20(31)32)23(34)28-21(15(2)30)24(35)29-25(3,4)5/h6-9,13-15,19,21,26,30H,10-12H2,1-5H3,(H,27,33)(H,28,34)(H,29,35)(H,31,32). The number of amides is 3. The maximum Gasteiger partial charge on any atom is 0.303 e. The number of aliphatic hydroxyl groups is 1. The van der Waals surface area contributed by atoms with Gasteiger partial charge in [-0.05, 0) is 52.2 Å². The van der Waals surface area contributed by atoms with E-state index in [2.05, 4.69) is 20.9 Å². The van der Waals surface area contributed by atoms with Crippen LogP contribution >= 0.6 is 0 Å². The highest BCUT2D eigenvalue weighted by Gasteiger charge is 2.32. The molecule has 0 saturated heterocycles. The lowest BCUT2D eigenvalue weighted by molar-refractivity contribution is -0.139. The van der Waals surface area contributed by atoms with Gasteiger partial charge >= 0.3 is 5.97 Å². The van der Waals surface area contributed by atoms with Crippen molar-refractivity contribution in [3.05, 3.63) is 36.0 Å². The van der Waals surface area contributed by atoms with Gasteiger partial charge in [0, 0.05) is 35.0 Å². The van der Waals surface area contributed by atoms with Crippen LogP contribution in [0.3, 0.4) is 0 Å². The molecule has 0 radical (unpaired) electrons. The van der Waals surface area contributed by atoms with Crippen molar-refractivity contribution < 1.29 is 29.4 Å². The van der Waals surface area contributed by atoms with Gasteiger partial charge in [-0.25, -0.2) is 0 Å². The number of carboxylic acids is 1. The number of aromatic amines is 1. The summed E-state index contributed by atoms with van der Waals surface area (Å²) in [6, 6.07) is 5.25. The topological polar surface area (TPSA) is 161 Å². The van der Waals surface area contributed by atoms with Crippen molar-refractivity contribution >= 4 is 34.6 Å². The van der Waals surface area contributed by atoms with Gasteiger partial charge in [0.2, 0.25) is 17.7 Å². The van der Waals surface area contributed by atoms with E-state index in [0.29, 0.717) is 6.42 Å². The molecule has 1 heterocycles.